The maximum atomic E-state index is 11.2. The molecule has 1 aliphatic carbocycles. The van der Waals surface area contributed by atoms with Crippen LogP contribution in [0.4, 0.5) is 0 Å². The standard InChI is InChI=1S/C26H35N3O/c1-28(25-18-24(25)22-7-3-2-4-8-22)19-21-13-16-29(17-14-21)15-5-6-20-9-11-23(12-10-20)26(27)30/h2-4,7-12,21,24-25H,5-6,13-19H2,1H3,(H2,27,30). The highest BCUT2D eigenvalue weighted by Crippen LogP contribution is 2.44. The van der Waals surface area contributed by atoms with Crippen molar-refractivity contribution in [2.45, 2.75) is 44.1 Å². The van der Waals surface area contributed by atoms with Crippen molar-refractivity contribution in [3.63, 3.8) is 0 Å². The third kappa shape index (κ3) is 5.50. The lowest BCUT2D eigenvalue weighted by atomic mass is 9.95. The lowest BCUT2D eigenvalue weighted by Crippen LogP contribution is -2.39. The number of likely N-dealkylation sites (tertiary alicyclic amines) is 1. The van der Waals surface area contributed by atoms with Crippen LogP contribution in [-0.2, 0) is 6.42 Å². The monoisotopic (exact) mass is 405 g/mol. The summed E-state index contributed by atoms with van der Waals surface area (Å²) >= 11 is 0. The van der Waals surface area contributed by atoms with E-state index in [1.807, 2.05) is 24.3 Å². The number of rotatable bonds is 9. The van der Waals surface area contributed by atoms with Crippen molar-refractivity contribution in [3.05, 3.63) is 71.3 Å². The largest absolute Gasteiger partial charge is 0.366 e. The fraction of sp³-hybridized carbons (Fsp3) is 0.500. The number of nitrogens with zero attached hydrogens (tertiary/aromatic N) is 2. The summed E-state index contributed by atoms with van der Waals surface area (Å²) in [6.45, 7) is 4.87. The number of hydrogen-bond donors (Lipinski definition) is 1. The minimum atomic E-state index is -0.354. The summed E-state index contributed by atoms with van der Waals surface area (Å²) in [5, 5.41) is 0. The third-order valence-electron chi connectivity index (χ3n) is 6.98. The second kappa shape index (κ2) is 9.76. The van der Waals surface area contributed by atoms with Gasteiger partial charge < -0.3 is 15.5 Å². The number of primary amides is 1. The molecule has 2 aromatic carbocycles. The molecule has 30 heavy (non-hydrogen) atoms. The normalized spacial score (nSPS) is 22.3. The maximum Gasteiger partial charge on any atom is 0.248 e. The average molecular weight is 406 g/mol. The van der Waals surface area contributed by atoms with Crippen LogP contribution in [0.25, 0.3) is 0 Å². The molecule has 0 spiro atoms. The van der Waals surface area contributed by atoms with Crippen molar-refractivity contribution >= 4 is 5.91 Å². The Bertz CT molecular complexity index is 812. The molecule has 1 amide bonds. The molecule has 2 unspecified atom stereocenters. The first-order valence-electron chi connectivity index (χ1n) is 11.5. The minimum Gasteiger partial charge on any atom is -0.366 e. The molecule has 160 valence electrons. The molecule has 4 nitrogen and oxygen atoms in total. The molecule has 2 N–H and O–H groups in total. The van der Waals surface area contributed by atoms with Crippen LogP contribution in [0.3, 0.4) is 0 Å². The van der Waals surface area contributed by atoms with Crippen molar-refractivity contribution in [3.8, 4) is 0 Å². The summed E-state index contributed by atoms with van der Waals surface area (Å²) in [7, 11) is 2.32. The Balaban J connectivity index is 1.13. The van der Waals surface area contributed by atoms with Gasteiger partial charge in [0.05, 0.1) is 0 Å². The lowest BCUT2D eigenvalue weighted by Gasteiger charge is -2.34. The number of carbonyl (C=O) groups is 1. The van der Waals surface area contributed by atoms with Crippen molar-refractivity contribution < 1.29 is 4.79 Å². The first-order chi connectivity index (χ1) is 14.6. The molecule has 4 rings (SSSR count). The van der Waals surface area contributed by atoms with Gasteiger partial charge in [0, 0.05) is 24.1 Å². The zero-order valence-electron chi connectivity index (χ0n) is 18.2. The summed E-state index contributed by atoms with van der Waals surface area (Å²) in [6.07, 6.45) is 6.19. The second-order valence-electron chi connectivity index (χ2n) is 9.21. The Morgan fingerprint density at radius 1 is 1.07 bits per heavy atom. The number of amides is 1. The quantitative estimate of drug-likeness (QED) is 0.688. The van der Waals surface area contributed by atoms with Crippen molar-refractivity contribution in [2.24, 2.45) is 11.7 Å². The van der Waals surface area contributed by atoms with Gasteiger partial charge in [0.2, 0.25) is 5.91 Å². The molecule has 2 aliphatic rings. The minimum absolute atomic E-state index is 0.354. The molecule has 1 aliphatic heterocycles. The molecule has 2 fully saturated rings. The first kappa shape index (κ1) is 21.1. The van der Waals surface area contributed by atoms with Crippen LogP contribution in [-0.4, -0.2) is 55.0 Å². The Hall–Kier alpha value is -2.17. The second-order valence-corrected chi connectivity index (χ2v) is 9.21. The summed E-state index contributed by atoms with van der Waals surface area (Å²) in [5.41, 5.74) is 8.69. The number of carbonyl (C=O) groups excluding carboxylic acids is 1. The van der Waals surface area contributed by atoms with Gasteiger partial charge in [-0.2, -0.15) is 0 Å². The maximum absolute atomic E-state index is 11.2. The summed E-state index contributed by atoms with van der Waals surface area (Å²) < 4.78 is 0. The van der Waals surface area contributed by atoms with E-state index in [0.29, 0.717) is 5.56 Å². The molecular formula is C26H35N3O. The Labute approximate surface area is 181 Å². The Morgan fingerprint density at radius 3 is 2.43 bits per heavy atom. The number of piperidine rings is 1. The number of hydrogen-bond acceptors (Lipinski definition) is 3. The van der Waals surface area contributed by atoms with Gasteiger partial charge in [0.1, 0.15) is 0 Å². The summed E-state index contributed by atoms with van der Waals surface area (Å²) in [5.74, 6) is 1.23. The lowest BCUT2D eigenvalue weighted by molar-refractivity contribution is 0.100. The van der Waals surface area contributed by atoms with E-state index in [0.717, 1.165) is 24.3 Å². The molecular weight excluding hydrogens is 370 g/mol. The zero-order valence-corrected chi connectivity index (χ0v) is 18.2. The van der Waals surface area contributed by atoms with Gasteiger partial charge >= 0.3 is 0 Å². The predicted octanol–water partition coefficient (Wildman–Crippen LogP) is 3.92. The van der Waals surface area contributed by atoms with Crippen LogP contribution < -0.4 is 5.73 Å². The molecule has 2 aromatic rings. The van der Waals surface area contributed by atoms with Crippen LogP contribution in [0.2, 0.25) is 0 Å². The summed E-state index contributed by atoms with van der Waals surface area (Å²) in [6, 6.07) is 19.5. The van der Waals surface area contributed by atoms with Crippen LogP contribution >= 0.6 is 0 Å². The van der Waals surface area contributed by atoms with E-state index < -0.39 is 0 Å². The molecule has 4 heteroatoms. The number of benzene rings is 2. The highest BCUT2D eigenvalue weighted by molar-refractivity contribution is 5.92. The van der Waals surface area contributed by atoms with Gasteiger partial charge in [-0.1, -0.05) is 42.5 Å². The van der Waals surface area contributed by atoms with Crippen molar-refractivity contribution in [2.75, 3.05) is 33.2 Å². The SMILES string of the molecule is CN(CC1CCN(CCCc2ccc(C(N)=O)cc2)CC1)C1CC1c1ccccc1. The van der Waals surface area contributed by atoms with Crippen LogP contribution in [0.1, 0.15) is 53.1 Å². The molecule has 1 heterocycles. The van der Waals surface area contributed by atoms with Gasteiger partial charge in [-0.25, -0.2) is 0 Å². The highest BCUT2D eigenvalue weighted by Gasteiger charge is 2.41. The van der Waals surface area contributed by atoms with Gasteiger partial charge in [-0.3, -0.25) is 4.79 Å². The Morgan fingerprint density at radius 2 is 1.77 bits per heavy atom. The molecule has 0 radical (unpaired) electrons. The van der Waals surface area contributed by atoms with E-state index in [2.05, 4.69) is 47.2 Å². The van der Waals surface area contributed by atoms with E-state index >= 15 is 0 Å². The van der Waals surface area contributed by atoms with Crippen LogP contribution in [0.5, 0.6) is 0 Å². The fourth-order valence-corrected chi connectivity index (χ4v) is 5.00. The van der Waals surface area contributed by atoms with Crippen LogP contribution in [0.15, 0.2) is 54.6 Å². The topological polar surface area (TPSA) is 49.6 Å². The Kier molecular flexibility index (Phi) is 6.86. The number of nitrogens with two attached hydrogens (primary N) is 1. The first-order valence-corrected chi connectivity index (χ1v) is 11.5. The predicted molar refractivity (Wildman–Crippen MR) is 123 cm³/mol. The van der Waals surface area contributed by atoms with E-state index in [1.165, 1.54) is 63.0 Å². The zero-order chi connectivity index (χ0) is 20.9. The molecule has 0 bridgehead atoms. The van der Waals surface area contributed by atoms with Gasteiger partial charge in [0.25, 0.3) is 0 Å². The fourth-order valence-electron chi connectivity index (χ4n) is 5.00. The van der Waals surface area contributed by atoms with Crippen molar-refractivity contribution in [1.82, 2.24) is 9.80 Å². The van der Waals surface area contributed by atoms with Gasteiger partial charge in [-0.05, 0) is 88.0 Å². The third-order valence-corrected chi connectivity index (χ3v) is 6.98. The number of likely N-dealkylation sites (N-methyl/N-ethyl adjacent to an activating group) is 1. The van der Waals surface area contributed by atoms with Gasteiger partial charge in [-0.15, -0.1) is 0 Å². The highest BCUT2D eigenvalue weighted by atomic mass is 16.1. The van der Waals surface area contributed by atoms with Gasteiger partial charge in [0.15, 0.2) is 0 Å². The van der Waals surface area contributed by atoms with E-state index in [9.17, 15) is 4.79 Å². The van der Waals surface area contributed by atoms with Crippen LogP contribution in [0, 0.1) is 5.92 Å². The molecule has 1 saturated heterocycles. The van der Waals surface area contributed by atoms with Crippen molar-refractivity contribution in [1.29, 1.82) is 0 Å². The molecule has 2 atom stereocenters. The molecule has 0 aromatic heterocycles. The smallest absolute Gasteiger partial charge is 0.248 e. The van der Waals surface area contributed by atoms with E-state index in [4.69, 9.17) is 5.73 Å². The number of aryl methyl sites for hydroxylation is 1. The average Bonchev–Trinajstić information content (AvgIpc) is 3.57. The molecule has 1 saturated carbocycles. The summed E-state index contributed by atoms with van der Waals surface area (Å²) in [4.78, 5) is 16.4. The van der Waals surface area contributed by atoms with E-state index in [1.54, 1.807) is 0 Å². The van der Waals surface area contributed by atoms with E-state index in [-0.39, 0.29) is 5.91 Å².